The normalized spacial score (nSPS) is 13.8. The average molecular weight is 547 g/mol. The summed E-state index contributed by atoms with van der Waals surface area (Å²) in [6.45, 7) is 1.03. The van der Waals surface area contributed by atoms with Crippen LogP contribution >= 0.6 is 22.9 Å². The maximum Gasteiger partial charge on any atom is 0.416 e. The Morgan fingerprint density at radius 2 is 2.05 bits per heavy atom. The highest BCUT2D eigenvalue weighted by molar-refractivity contribution is 7.13. The first kappa shape index (κ1) is 26.3. The molecule has 14 heteroatoms. The predicted octanol–water partition coefficient (Wildman–Crippen LogP) is 0.800. The van der Waals surface area contributed by atoms with Crippen molar-refractivity contribution in [1.29, 1.82) is 0 Å². The zero-order valence-corrected chi connectivity index (χ0v) is 21.1. The Hall–Kier alpha value is -3.81. The molecule has 3 N–H and O–H groups in total. The Labute approximate surface area is 219 Å². The lowest BCUT2D eigenvalue weighted by molar-refractivity contribution is -0.577. The number of amides is 3. The summed E-state index contributed by atoms with van der Waals surface area (Å²) in [5.74, 6) is -4.03. The number of likely N-dealkylation sites (N-methyl/N-ethyl adjacent to an activating group) is 1. The topological polar surface area (TPSA) is 137 Å². The molecule has 0 spiro atoms. The number of hydrogen-bond donors (Lipinski definition) is 3. The van der Waals surface area contributed by atoms with Gasteiger partial charge in [-0.15, -0.1) is 15.9 Å². The fourth-order valence-corrected chi connectivity index (χ4v) is 4.70. The fraction of sp³-hybridized carbons (Fsp3) is 0.261. The first-order valence-electron chi connectivity index (χ1n) is 11.1. The van der Waals surface area contributed by atoms with Crippen molar-refractivity contribution in [1.82, 2.24) is 25.5 Å². The van der Waals surface area contributed by atoms with E-state index < -0.39 is 42.0 Å². The average Bonchev–Trinajstić information content (AvgIpc) is 3.30. The number of nitrogens with one attached hydrogen (secondary N) is 3. The molecule has 1 aliphatic rings. The third-order valence-corrected chi connectivity index (χ3v) is 6.69. The van der Waals surface area contributed by atoms with Crippen LogP contribution in [0.1, 0.15) is 25.2 Å². The van der Waals surface area contributed by atoms with Crippen LogP contribution in [0.5, 0.6) is 0 Å². The van der Waals surface area contributed by atoms with Gasteiger partial charge in [-0.1, -0.05) is 11.6 Å². The van der Waals surface area contributed by atoms with Gasteiger partial charge in [0, 0.05) is 36.7 Å². The minimum absolute atomic E-state index is 0.0965. The van der Waals surface area contributed by atoms with Crippen LogP contribution in [-0.2, 0) is 22.6 Å². The number of thiazole rings is 1. The number of nitrogens with zero attached hydrogens (tertiary/aromatic N) is 4. The van der Waals surface area contributed by atoms with Gasteiger partial charge in [-0.25, -0.2) is 19.2 Å². The number of carbonyl (C=O) groups is 4. The van der Waals surface area contributed by atoms with Gasteiger partial charge in [0.1, 0.15) is 5.82 Å². The minimum atomic E-state index is -1.33. The molecule has 4 rings (SSSR count). The number of carbonyl (C=O) groups excluding carboxylic acids is 4. The number of pyridine rings is 2. The van der Waals surface area contributed by atoms with Gasteiger partial charge in [0.15, 0.2) is 23.1 Å². The molecule has 0 aliphatic carbocycles. The highest BCUT2D eigenvalue weighted by Gasteiger charge is 2.32. The predicted molar refractivity (Wildman–Crippen MR) is 132 cm³/mol. The highest BCUT2D eigenvalue weighted by atomic mass is 35.5. The molecule has 0 aromatic carbocycles. The molecule has 1 atom stereocenters. The minimum Gasteiger partial charge on any atom is -0.345 e. The molecule has 1 unspecified atom stereocenters. The molecule has 3 aromatic rings. The van der Waals surface area contributed by atoms with E-state index >= 15 is 0 Å². The molecule has 3 amide bonds. The summed E-state index contributed by atoms with van der Waals surface area (Å²) in [5.41, 5.74) is 0.830. The second-order valence-corrected chi connectivity index (χ2v) is 9.72. The van der Waals surface area contributed by atoms with Crippen LogP contribution in [0.25, 0.3) is 0 Å². The fourth-order valence-electron chi connectivity index (χ4n) is 3.50. The van der Waals surface area contributed by atoms with Gasteiger partial charge in [-0.2, -0.15) is 0 Å². The van der Waals surface area contributed by atoms with E-state index in [1.165, 1.54) is 41.9 Å². The Bertz CT molecular complexity index is 1350. The molecule has 0 saturated carbocycles. The number of hydrogen-bond acceptors (Lipinski definition) is 8. The number of halogens is 2. The molecule has 37 heavy (non-hydrogen) atoms. The maximum atomic E-state index is 13.7. The summed E-state index contributed by atoms with van der Waals surface area (Å²) in [4.78, 5) is 62.0. The van der Waals surface area contributed by atoms with E-state index in [1.807, 2.05) is 7.05 Å². The van der Waals surface area contributed by atoms with Gasteiger partial charge in [-0.3, -0.25) is 14.4 Å². The van der Waals surface area contributed by atoms with E-state index in [2.05, 4.69) is 30.8 Å². The molecule has 1 aliphatic heterocycles. The standard InChI is InChI=1S/C23H21ClFN7O4S/c1-31-8-6-15-17(12-31)37-22(29-15)21(35)28-16(23(36)32-7-2-3-14(25)11-32)10-27-19(33)20(34)30-18-5-4-13(24)9-26-18/h2-5,7,9,11,16H,6,8,10,12H2,1H3,(H2-,26,27,28,30,33,34,35)/p+1. The number of fused-ring (bicyclic) bond motifs is 1. The highest BCUT2D eigenvalue weighted by Crippen LogP contribution is 2.24. The Morgan fingerprint density at radius 3 is 2.78 bits per heavy atom. The van der Waals surface area contributed by atoms with Crippen LogP contribution in [0.4, 0.5) is 10.2 Å². The van der Waals surface area contributed by atoms with Crippen LogP contribution < -0.4 is 20.5 Å². The lowest BCUT2D eigenvalue weighted by Gasteiger charge is -2.20. The molecule has 0 radical (unpaired) electrons. The zero-order chi connectivity index (χ0) is 26.5. The summed E-state index contributed by atoms with van der Waals surface area (Å²) in [7, 11) is 1.97. The van der Waals surface area contributed by atoms with E-state index in [9.17, 15) is 23.6 Å². The van der Waals surface area contributed by atoms with Crippen LogP contribution in [0.3, 0.4) is 0 Å². The van der Waals surface area contributed by atoms with Gasteiger partial charge in [0.05, 0.1) is 17.3 Å². The third kappa shape index (κ3) is 6.70. The first-order chi connectivity index (χ1) is 17.7. The van der Waals surface area contributed by atoms with Crippen molar-refractivity contribution < 1.29 is 28.1 Å². The molecule has 0 saturated heterocycles. The largest absolute Gasteiger partial charge is 0.416 e. The molecular weight excluding hydrogens is 525 g/mol. The molecule has 11 nitrogen and oxygen atoms in total. The summed E-state index contributed by atoms with van der Waals surface area (Å²) < 4.78 is 14.7. The van der Waals surface area contributed by atoms with E-state index in [1.54, 1.807) is 0 Å². The van der Waals surface area contributed by atoms with Gasteiger partial charge < -0.3 is 20.9 Å². The van der Waals surface area contributed by atoms with Crippen LogP contribution in [-0.4, -0.2) is 64.7 Å². The smallest absolute Gasteiger partial charge is 0.345 e. The zero-order valence-electron chi connectivity index (χ0n) is 19.5. The summed E-state index contributed by atoms with van der Waals surface area (Å²) >= 11 is 6.97. The summed E-state index contributed by atoms with van der Waals surface area (Å²) in [5, 5.41) is 7.69. The van der Waals surface area contributed by atoms with Crippen LogP contribution in [0, 0.1) is 5.82 Å². The Balaban J connectivity index is 1.46. The molecule has 3 aromatic heterocycles. The lowest BCUT2D eigenvalue weighted by atomic mass is 10.2. The van der Waals surface area contributed by atoms with E-state index in [4.69, 9.17) is 11.6 Å². The van der Waals surface area contributed by atoms with Crippen molar-refractivity contribution >= 4 is 52.4 Å². The van der Waals surface area contributed by atoms with E-state index in [-0.39, 0.29) is 10.8 Å². The van der Waals surface area contributed by atoms with Crippen LogP contribution in [0.2, 0.25) is 5.02 Å². The molecule has 0 bridgehead atoms. The molecule has 4 heterocycles. The monoisotopic (exact) mass is 546 g/mol. The van der Waals surface area contributed by atoms with Gasteiger partial charge >= 0.3 is 17.7 Å². The number of rotatable bonds is 6. The molecule has 0 fully saturated rings. The van der Waals surface area contributed by atoms with E-state index in [0.717, 1.165) is 33.9 Å². The second-order valence-electron chi connectivity index (χ2n) is 8.20. The maximum absolute atomic E-state index is 13.7. The van der Waals surface area contributed by atoms with Crippen molar-refractivity contribution in [3.63, 3.8) is 0 Å². The van der Waals surface area contributed by atoms with Crippen molar-refractivity contribution in [3.8, 4) is 0 Å². The summed E-state index contributed by atoms with van der Waals surface area (Å²) in [6, 6.07) is 4.05. The quantitative estimate of drug-likeness (QED) is 0.307. The number of aromatic nitrogens is 3. The Morgan fingerprint density at radius 1 is 1.24 bits per heavy atom. The van der Waals surface area contributed by atoms with Crippen molar-refractivity contribution in [2.75, 3.05) is 25.5 Å². The SMILES string of the molecule is CN1CCc2nc(C(=O)NC(CNC(=O)C(=O)Nc3ccc(Cl)cn3)C(=O)[n+]3cccc(F)c3)sc2C1. The Kier molecular flexibility index (Phi) is 8.16. The van der Waals surface area contributed by atoms with Gasteiger partial charge in [-0.05, 0) is 25.2 Å². The number of anilines is 1. The van der Waals surface area contributed by atoms with Gasteiger partial charge in [0.2, 0.25) is 6.20 Å². The second kappa shape index (κ2) is 11.5. The molecular formula is C23H22ClFN7O4S+. The van der Waals surface area contributed by atoms with Crippen LogP contribution in [0.15, 0.2) is 42.9 Å². The van der Waals surface area contributed by atoms with Crippen molar-refractivity contribution in [2.24, 2.45) is 0 Å². The summed E-state index contributed by atoms with van der Waals surface area (Å²) in [6.07, 6.45) is 4.25. The van der Waals surface area contributed by atoms with Gasteiger partial charge in [0.25, 0.3) is 5.91 Å². The third-order valence-electron chi connectivity index (χ3n) is 5.38. The first-order valence-corrected chi connectivity index (χ1v) is 12.3. The lowest BCUT2D eigenvalue weighted by Crippen LogP contribution is -2.59. The van der Waals surface area contributed by atoms with Crippen molar-refractivity contribution in [2.45, 2.75) is 19.0 Å². The van der Waals surface area contributed by atoms with E-state index in [0.29, 0.717) is 18.0 Å². The molecule has 192 valence electrons. The van der Waals surface area contributed by atoms with Crippen molar-refractivity contribution in [3.05, 3.63) is 69.3 Å².